The van der Waals surface area contributed by atoms with Crippen molar-refractivity contribution < 1.29 is 4.74 Å². The minimum absolute atomic E-state index is 0. The fraction of sp³-hybridized carbons (Fsp3) is 0.824. The Morgan fingerprint density at radius 1 is 1.24 bits per heavy atom. The third kappa shape index (κ3) is 6.09. The van der Waals surface area contributed by atoms with Crippen LogP contribution in [0.5, 0.6) is 0 Å². The molecule has 1 aliphatic carbocycles. The lowest BCUT2D eigenvalue weighted by atomic mass is 9.96. The summed E-state index contributed by atoms with van der Waals surface area (Å²) >= 11 is 0. The lowest BCUT2D eigenvalue weighted by molar-refractivity contribution is 0.186. The van der Waals surface area contributed by atoms with Crippen molar-refractivity contribution in [2.45, 2.75) is 58.0 Å². The molecule has 0 bridgehead atoms. The molecule has 3 rings (SSSR count). The number of aromatic nitrogens is 3. The van der Waals surface area contributed by atoms with Gasteiger partial charge in [0.1, 0.15) is 12.4 Å². The van der Waals surface area contributed by atoms with Crippen LogP contribution in [0.15, 0.2) is 4.99 Å². The Labute approximate surface area is 167 Å². The number of hydrogen-bond acceptors (Lipinski definition) is 4. The van der Waals surface area contributed by atoms with Crippen LogP contribution in [0, 0.1) is 12.8 Å². The molecule has 142 valence electrons. The molecule has 2 fully saturated rings. The van der Waals surface area contributed by atoms with E-state index in [-0.39, 0.29) is 24.0 Å². The van der Waals surface area contributed by atoms with Crippen molar-refractivity contribution >= 4 is 29.9 Å². The van der Waals surface area contributed by atoms with Gasteiger partial charge in [-0.15, -0.1) is 34.2 Å². The number of aliphatic imine (C=N–C) groups is 1. The molecule has 7 nitrogen and oxygen atoms in total. The fourth-order valence-corrected chi connectivity index (χ4v) is 3.32. The van der Waals surface area contributed by atoms with Gasteiger partial charge in [-0.3, -0.25) is 0 Å². The van der Waals surface area contributed by atoms with Gasteiger partial charge in [-0.25, -0.2) is 4.99 Å². The Bertz CT molecular complexity index is 549. The molecular weight excluding hydrogens is 431 g/mol. The maximum absolute atomic E-state index is 5.47. The van der Waals surface area contributed by atoms with Crippen LogP contribution in [0.1, 0.15) is 50.2 Å². The van der Waals surface area contributed by atoms with Crippen molar-refractivity contribution in [2.75, 3.05) is 19.8 Å². The largest absolute Gasteiger partial charge is 0.381 e. The van der Waals surface area contributed by atoms with Gasteiger partial charge in [0.15, 0.2) is 11.8 Å². The summed E-state index contributed by atoms with van der Waals surface area (Å²) in [5.74, 6) is 3.29. The zero-order valence-electron chi connectivity index (χ0n) is 15.3. The van der Waals surface area contributed by atoms with Crippen LogP contribution in [0.2, 0.25) is 0 Å². The van der Waals surface area contributed by atoms with Crippen molar-refractivity contribution in [1.82, 2.24) is 25.4 Å². The highest BCUT2D eigenvalue weighted by Crippen LogP contribution is 2.17. The summed E-state index contributed by atoms with van der Waals surface area (Å²) in [5.41, 5.74) is 0. The van der Waals surface area contributed by atoms with Crippen molar-refractivity contribution in [3.63, 3.8) is 0 Å². The summed E-state index contributed by atoms with van der Waals surface area (Å²) in [7, 11) is 1.98. The Morgan fingerprint density at radius 3 is 2.68 bits per heavy atom. The van der Waals surface area contributed by atoms with Gasteiger partial charge in [0.2, 0.25) is 0 Å². The van der Waals surface area contributed by atoms with E-state index in [1.165, 1.54) is 32.1 Å². The van der Waals surface area contributed by atoms with Crippen LogP contribution in [0.3, 0.4) is 0 Å². The molecule has 1 saturated heterocycles. The lowest BCUT2D eigenvalue weighted by Crippen LogP contribution is -2.45. The number of nitrogens with zero attached hydrogens (tertiary/aromatic N) is 4. The van der Waals surface area contributed by atoms with Crippen LogP contribution in [0.4, 0.5) is 0 Å². The Hall–Kier alpha value is -0.900. The van der Waals surface area contributed by atoms with E-state index in [1.54, 1.807) is 0 Å². The number of halogens is 1. The second-order valence-electron chi connectivity index (χ2n) is 6.98. The average molecular weight is 462 g/mol. The molecule has 0 amide bonds. The summed E-state index contributed by atoms with van der Waals surface area (Å²) in [6.45, 7) is 5.15. The number of aryl methyl sites for hydroxylation is 1. The fourth-order valence-electron chi connectivity index (χ4n) is 3.32. The molecule has 1 atom stereocenters. The van der Waals surface area contributed by atoms with Crippen LogP contribution in [0.25, 0.3) is 0 Å². The van der Waals surface area contributed by atoms with Gasteiger partial charge >= 0.3 is 0 Å². The minimum Gasteiger partial charge on any atom is -0.381 e. The van der Waals surface area contributed by atoms with Gasteiger partial charge in [-0.05, 0) is 26.2 Å². The van der Waals surface area contributed by atoms with Gasteiger partial charge < -0.3 is 19.9 Å². The molecule has 1 unspecified atom stereocenters. The highest BCUT2D eigenvalue weighted by atomic mass is 127. The number of rotatable bonds is 5. The summed E-state index contributed by atoms with van der Waals surface area (Å²) in [6, 6.07) is 0.533. The smallest absolute Gasteiger partial charge is 0.191 e. The Balaban J connectivity index is 0.00000225. The third-order valence-corrected chi connectivity index (χ3v) is 5.09. The van der Waals surface area contributed by atoms with Crippen LogP contribution in [-0.4, -0.2) is 46.5 Å². The first-order valence-electron chi connectivity index (χ1n) is 9.20. The molecule has 0 spiro atoms. The molecule has 0 aromatic carbocycles. The van der Waals surface area contributed by atoms with Gasteiger partial charge in [-0.1, -0.05) is 19.3 Å². The predicted octanol–water partition coefficient (Wildman–Crippen LogP) is 2.15. The molecular formula is C17H31IN6O. The van der Waals surface area contributed by atoms with E-state index in [0.717, 1.165) is 43.8 Å². The van der Waals surface area contributed by atoms with E-state index in [2.05, 4.69) is 20.8 Å². The van der Waals surface area contributed by atoms with E-state index in [1.807, 2.05) is 18.5 Å². The molecule has 1 aromatic rings. The maximum Gasteiger partial charge on any atom is 0.191 e. The number of ether oxygens (including phenoxy) is 1. The highest BCUT2D eigenvalue weighted by Gasteiger charge is 2.18. The van der Waals surface area contributed by atoms with Crippen molar-refractivity contribution in [1.29, 1.82) is 0 Å². The van der Waals surface area contributed by atoms with Crippen LogP contribution < -0.4 is 10.6 Å². The second kappa shape index (κ2) is 10.3. The first-order chi connectivity index (χ1) is 11.7. The minimum atomic E-state index is 0. The quantitative estimate of drug-likeness (QED) is 0.399. The van der Waals surface area contributed by atoms with Gasteiger partial charge in [-0.2, -0.15) is 0 Å². The number of hydrogen-bond donors (Lipinski definition) is 2. The summed E-state index contributed by atoms with van der Waals surface area (Å²) < 4.78 is 7.46. The normalized spacial score (nSPS) is 21.8. The molecule has 1 saturated carbocycles. The van der Waals surface area contributed by atoms with E-state index < -0.39 is 0 Å². The van der Waals surface area contributed by atoms with Gasteiger partial charge in [0.25, 0.3) is 0 Å². The van der Waals surface area contributed by atoms with E-state index in [4.69, 9.17) is 9.73 Å². The van der Waals surface area contributed by atoms with Crippen molar-refractivity contribution in [3.05, 3.63) is 11.6 Å². The third-order valence-electron chi connectivity index (χ3n) is 5.09. The zero-order valence-corrected chi connectivity index (χ0v) is 17.7. The molecule has 2 heterocycles. The van der Waals surface area contributed by atoms with Crippen LogP contribution >= 0.6 is 24.0 Å². The van der Waals surface area contributed by atoms with E-state index in [0.29, 0.717) is 18.5 Å². The topological polar surface area (TPSA) is 76.4 Å². The van der Waals surface area contributed by atoms with Gasteiger partial charge in [0.05, 0.1) is 6.61 Å². The molecule has 0 radical (unpaired) electrons. The standard InChI is InChI=1S/C17H30N6O.HI/c1-13-21-22-16(23(13)2)11-19-17(18-10-14-8-9-24-12-14)20-15-6-4-3-5-7-15;/h14-15H,3-12H2,1-2H3,(H2,18,19,20);1H. The Kier molecular flexibility index (Phi) is 8.41. The van der Waals surface area contributed by atoms with Gasteiger partial charge in [0, 0.05) is 32.2 Å². The Morgan fingerprint density at radius 2 is 2.04 bits per heavy atom. The second-order valence-corrected chi connectivity index (χ2v) is 6.98. The van der Waals surface area contributed by atoms with E-state index >= 15 is 0 Å². The summed E-state index contributed by atoms with van der Waals surface area (Å²) in [5, 5.41) is 15.4. The highest BCUT2D eigenvalue weighted by molar-refractivity contribution is 14.0. The average Bonchev–Trinajstić information content (AvgIpc) is 3.23. The first kappa shape index (κ1) is 20.4. The maximum atomic E-state index is 5.47. The molecule has 2 aliphatic rings. The monoisotopic (exact) mass is 462 g/mol. The molecule has 1 aromatic heterocycles. The molecule has 1 aliphatic heterocycles. The molecule has 8 heteroatoms. The lowest BCUT2D eigenvalue weighted by Gasteiger charge is -2.25. The van der Waals surface area contributed by atoms with Crippen molar-refractivity contribution in [3.8, 4) is 0 Å². The summed E-state index contributed by atoms with van der Waals surface area (Å²) in [4.78, 5) is 4.75. The van der Waals surface area contributed by atoms with Crippen molar-refractivity contribution in [2.24, 2.45) is 18.0 Å². The number of nitrogens with one attached hydrogen (secondary N) is 2. The summed E-state index contributed by atoms with van der Waals surface area (Å²) in [6.07, 6.45) is 7.57. The van der Waals surface area contributed by atoms with Crippen LogP contribution in [-0.2, 0) is 18.3 Å². The first-order valence-corrected chi connectivity index (χ1v) is 9.20. The molecule has 25 heavy (non-hydrogen) atoms. The SMILES string of the molecule is Cc1nnc(CN=C(NCC2CCOC2)NC2CCCCC2)n1C.I. The van der Waals surface area contributed by atoms with E-state index in [9.17, 15) is 0 Å². The molecule has 2 N–H and O–H groups in total. The number of guanidine groups is 1. The predicted molar refractivity (Wildman–Crippen MR) is 109 cm³/mol. The zero-order chi connectivity index (χ0) is 16.8.